The zero-order valence-electron chi connectivity index (χ0n) is 12.0. The van der Waals surface area contributed by atoms with Crippen molar-refractivity contribution in [2.45, 2.75) is 37.6 Å². The fraction of sp³-hybridized carbons (Fsp3) is 0.750. The number of sulfonamides is 1. The lowest BCUT2D eigenvalue weighted by molar-refractivity contribution is 0.197. The Morgan fingerprint density at radius 1 is 1.32 bits per heavy atom. The molecule has 0 bridgehead atoms. The van der Waals surface area contributed by atoms with E-state index in [0.717, 1.165) is 25.9 Å². The quantitative estimate of drug-likeness (QED) is 0.890. The van der Waals surface area contributed by atoms with Gasteiger partial charge in [-0.05, 0) is 46.8 Å². The molecule has 0 radical (unpaired) electrons. The van der Waals surface area contributed by atoms with E-state index < -0.39 is 10.0 Å². The van der Waals surface area contributed by atoms with Gasteiger partial charge in [-0.1, -0.05) is 0 Å². The van der Waals surface area contributed by atoms with Crippen molar-refractivity contribution in [3.8, 4) is 0 Å². The molecular weight excluding hydrogens is 264 g/mol. The van der Waals surface area contributed by atoms with Gasteiger partial charge in [-0.15, -0.1) is 0 Å². The number of likely N-dealkylation sites (tertiary alicyclic amines) is 1. The number of hydrogen-bond donors (Lipinski definition) is 1. The molecule has 0 amide bonds. The molecule has 1 saturated heterocycles. The van der Waals surface area contributed by atoms with Crippen LogP contribution in [0.4, 0.5) is 0 Å². The van der Waals surface area contributed by atoms with Gasteiger partial charge < -0.3 is 4.90 Å². The smallest absolute Gasteiger partial charge is 0.246 e. The summed E-state index contributed by atoms with van der Waals surface area (Å²) < 4.78 is 26.9. The molecule has 0 spiro atoms. The number of piperidine rings is 1. The van der Waals surface area contributed by atoms with Gasteiger partial charge in [0.15, 0.2) is 0 Å². The Hall–Kier alpha value is -0.920. The van der Waals surface area contributed by atoms with Crippen molar-refractivity contribution in [2.75, 3.05) is 27.2 Å². The minimum atomic E-state index is -3.45. The van der Waals surface area contributed by atoms with Crippen LogP contribution in [0.25, 0.3) is 0 Å². The number of H-pyrrole nitrogens is 1. The normalized spacial score (nSPS) is 19.2. The maximum absolute atomic E-state index is 12.7. The molecule has 1 aromatic rings. The summed E-state index contributed by atoms with van der Waals surface area (Å²) in [5.41, 5.74) is 1.15. The first-order valence-corrected chi connectivity index (χ1v) is 7.96. The Kier molecular flexibility index (Phi) is 3.98. The molecule has 0 atom stereocenters. The molecule has 19 heavy (non-hydrogen) atoms. The van der Waals surface area contributed by atoms with Gasteiger partial charge in [0.25, 0.3) is 0 Å². The molecule has 0 unspecified atom stereocenters. The average molecular weight is 286 g/mol. The highest BCUT2D eigenvalue weighted by Crippen LogP contribution is 2.25. The largest absolute Gasteiger partial charge is 0.306 e. The van der Waals surface area contributed by atoms with Gasteiger partial charge in [0, 0.05) is 13.1 Å². The lowest BCUT2D eigenvalue weighted by Gasteiger charge is -2.34. The molecule has 1 aromatic heterocycles. The number of aryl methyl sites for hydroxylation is 2. The Morgan fingerprint density at radius 3 is 2.37 bits per heavy atom. The Morgan fingerprint density at radius 2 is 1.89 bits per heavy atom. The van der Waals surface area contributed by atoms with Gasteiger partial charge in [0.2, 0.25) is 10.0 Å². The molecule has 1 fully saturated rings. The fourth-order valence-corrected chi connectivity index (χ4v) is 4.36. The zero-order chi connectivity index (χ0) is 14.2. The number of rotatable bonds is 3. The summed E-state index contributed by atoms with van der Waals surface area (Å²) in [5.74, 6) is 0. The third kappa shape index (κ3) is 2.68. The van der Waals surface area contributed by atoms with Crippen LogP contribution >= 0.6 is 0 Å². The number of aromatic amines is 1. The third-order valence-electron chi connectivity index (χ3n) is 3.90. The summed E-state index contributed by atoms with van der Waals surface area (Å²) in [5, 5.41) is 6.73. The van der Waals surface area contributed by atoms with Crippen molar-refractivity contribution in [3.05, 3.63) is 11.4 Å². The first-order valence-electron chi connectivity index (χ1n) is 6.52. The van der Waals surface area contributed by atoms with Crippen LogP contribution in [-0.4, -0.2) is 61.0 Å². The molecule has 1 N–H and O–H groups in total. The maximum atomic E-state index is 12.7. The first kappa shape index (κ1) is 14.5. The zero-order valence-corrected chi connectivity index (χ0v) is 12.8. The van der Waals surface area contributed by atoms with Crippen molar-refractivity contribution in [2.24, 2.45) is 0 Å². The van der Waals surface area contributed by atoms with E-state index in [2.05, 4.69) is 22.1 Å². The Bertz CT molecular complexity index is 525. The van der Waals surface area contributed by atoms with Gasteiger partial charge in [-0.3, -0.25) is 5.10 Å². The number of nitrogens with one attached hydrogen (secondary N) is 1. The van der Waals surface area contributed by atoms with Crippen LogP contribution in [0.1, 0.15) is 24.2 Å². The number of nitrogens with zero attached hydrogens (tertiary/aromatic N) is 3. The topological polar surface area (TPSA) is 69.3 Å². The minimum Gasteiger partial charge on any atom is -0.306 e. The van der Waals surface area contributed by atoms with Gasteiger partial charge in [-0.2, -0.15) is 9.40 Å². The second-order valence-electron chi connectivity index (χ2n) is 5.32. The molecule has 1 aliphatic heterocycles. The summed E-state index contributed by atoms with van der Waals surface area (Å²) in [7, 11) is 0.289. The number of hydrogen-bond acceptors (Lipinski definition) is 4. The molecule has 6 nitrogen and oxygen atoms in total. The van der Waals surface area contributed by atoms with Gasteiger partial charge in [0.1, 0.15) is 4.90 Å². The van der Waals surface area contributed by atoms with Crippen molar-refractivity contribution >= 4 is 10.0 Å². The summed E-state index contributed by atoms with van der Waals surface area (Å²) in [6.07, 6.45) is 1.75. The van der Waals surface area contributed by atoms with E-state index in [1.165, 1.54) is 4.31 Å². The minimum absolute atomic E-state index is 0.0786. The van der Waals surface area contributed by atoms with E-state index in [0.29, 0.717) is 16.3 Å². The van der Waals surface area contributed by atoms with E-state index in [1.54, 1.807) is 20.9 Å². The molecule has 0 aliphatic carbocycles. The molecular formula is C12H22N4O2S. The van der Waals surface area contributed by atoms with Gasteiger partial charge in [0.05, 0.1) is 11.4 Å². The van der Waals surface area contributed by atoms with Crippen LogP contribution in [0.2, 0.25) is 0 Å². The van der Waals surface area contributed by atoms with Crippen LogP contribution in [0.15, 0.2) is 4.90 Å². The molecule has 0 saturated carbocycles. The van der Waals surface area contributed by atoms with E-state index >= 15 is 0 Å². The predicted molar refractivity (Wildman–Crippen MR) is 73.5 cm³/mol. The second kappa shape index (κ2) is 5.22. The monoisotopic (exact) mass is 286 g/mol. The molecule has 1 aliphatic rings. The second-order valence-corrected chi connectivity index (χ2v) is 7.25. The summed E-state index contributed by atoms with van der Waals surface area (Å²) in [4.78, 5) is 2.56. The Balaban J connectivity index is 2.25. The SMILES string of the molecule is Cc1n[nH]c(C)c1S(=O)(=O)N(C)C1CCN(C)CC1. The Labute approximate surface area is 114 Å². The average Bonchev–Trinajstić information content (AvgIpc) is 2.69. The van der Waals surface area contributed by atoms with Crippen molar-refractivity contribution < 1.29 is 8.42 Å². The van der Waals surface area contributed by atoms with Crippen LogP contribution in [0, 0.1) is 13.8 Å². The molecule has 7 heteroatoms. The van der Waals surface area contributed by atoms with E-state index in [1.807, 2.05) is 0 Å². The van der Waals surface area contributed by atoms with Crippen molar-refractivity contribution in [3.63, 3.8) is 0 Å². The summed E-state index contributed by atoms with van der Waals surface area (Å²) >= 11 is 0. The third-order valence-corrected chi connectivity index (χ3v) is 6.07. The predicted octanol–water partition coefficient (Wildman–Crippen LogP) is 0.741. The highest BCUT2D eigenvalue weighted by Gasteiger charge is 2.33. The highest BCUT2D eigenvalue weighted by atomic mass is 32.2. The lowest BCUT2D eigenvalue weighted by Crippen LogP contribution is -2.44. The van der Waals surface area contributed by atoms with Crippen LogP contribution in [0.3, 0.4) is 0 Å². The van der Waals surface area contributed by atoms with E-state index in [-0.39, 0.29) is 6.04 Å². The van der Waals surface area contributed by atoms with E-state index in [4.69, 9.17) is 0 Å². The summed E-state index contributed by atoms with van der Waals surface area (Å²) in [6.45, 7) is 5.34. The van der Waals surface area contributed by atoms with Crippen molar-refractivity contribution in [1.82, 2.24) is 19.4 Å². The summed E-state index contributed by atoms with van der Waals surface area (Å²) in [6, 6.07) is 0.0786. The van der Waals surface area contributed by atoms with Crippen LogP contribution in [0.5, 0.6) is 0 Å². The molecule has 0 aromatic carbocycles. The van der Waals surface area contributed by atoms with Crippen LogP contribution < -0.4 is 0 Å². The van der Waals surface area contributed by atoms with Crippen LogP contribution in [-0.2, 0) is 10.0 Å². The molecule has 2 rings (SSSR count). The lowest BCUT2D eigenvalue weighted by atomic mass is 10.1. The molecule has 108 valence electrons. The van der Waals surface area contributed by atoms with Gasteiger partial charge >= 0.3 is 0 Å². The first-order chi connectivity index (χ1) is 8.84. The standard InChI is InChI=1S/C12H22N4O2S/c1-9-12(10(2)14-13-9)19(17,18)16(4)11-5-7-15(3)8-6-11/h11H,5-8H2,1-4H3,(H,13,14). The van der Waals surface area contributed by atoms with Gasteiger partial charge in [-0.25, -0.2) is 8.42 Å². The molecule has 2 heterocycles. The fourth-order valence-electron chi connectivity index (χ4n) is 2.62. The maximum Gasteiger partial charge on any atom is 0.246 e. The van der Waals surface area contributed by atoms with Crippen molar-refractivity contribution in [1.29, 1.82) is 0 Å². The highest BCUT2D eigenvalue weighted by molar-refractivity contribution is 7.89. The van der Waals surface area contributed by atoms with E-state index in [9.17, 15) is 8.42 Å². The number of aromatic nitrogens is 2.